The van der Waals surface area contributed by atoms with Crippen LogP contribution in [0.25, 0.3) is 0 Å². The Morgan fingerprint density at radius 3 is 2.88 bits per heavy atom. The summed E-state index contributed by atoms with van der Waals surface area (Å²) in [5.74, 6) is 0. The van der Waals surface area contributed by atoms with Gasteiger partial charge in [0.05, 0.1) is 0 Å². The van der Waals surface area contributed by atoms with Crippen molar-refractivity contribution >= 4 is 0 Å². The Bertz CT molecular complexity index is 191. The summed E-state index contributed by atoms with van der Waals surface area (Å²) in [4.78, 5) is 2.49. The van der Waals surface area contributed by atoms with Crippen molar-refractivity contribution in [2.45, 2.75) is 57.5 Å². The molecule has 1 fully saturated rings. The highest BCUT2D eigenvalue weighted by atomic mass is 15.2. The van der Waals surface area contributed by atoms with Gasteiger partial charge in [0.1, 0.15) is 0 Å². The largest absolute Gasteiger partial charge is 0.312 e. The number of nitrogens with zero attached hydrogens (tertiary/aromatic N) is 1. The van der Waals surface area contributed by atoms with Crippen molar-refractivity contribution in [1.29, 1.82) is 0 Å². The average molecular weight is 224 g/mol. The zero-order valence-electron chi connectivity index (χ0n) is 11.0. The summed E-state index contributed by atoms with van der Waals surface area (Å²) in [6, 6.07) is 1.46. The minimum atomic E-state index is 0.692. The van der Waals surface area contributed by atoms with Crippen LogP contribution in [0.3, 0.4) is 0 Å². The maximum absolute atomic E-state index is 3.81. The van der Waals surface area contributed by atoms with Crippen LogP contribution in [0.4, 0.5) is 0 Å². The van der Waals surface area contributed by atoms with Crippen LogP contribution < -0.4 is 5.32 Å². The fraction of sp³-hybridized carbons (Fsp3) is 0.857. The highest BCUT2D eigenvalue weighted by Gasteiger charge is 2.21. The quantitative estimate of drug-likeness (QED) is 0.638. The van der Waals surface area contributed by atoms with Gasteiger partial charge in [0.15, 0.2) is 0 Å². The van der Waals surface area contributed by atoms with Crippen molar-refractivity contribution in [2.24, 2.45) is 0 Å². The lowest BCUT2D eigenvalue weighted by atomic mass is 10.1. The van der Waals surface area contributed by atoms with Gasteiger partial charge in [-0.2, -0.15) is 0 Å². The van der Waals surface area contributed by atoms with E-state index in [-0.39, 0.29) is 0 Å². The van der Waals surface area contributed by atoms with Crippen molar-refractivity contribution < 1.29 is 0 Å². The van der Waals surface area contributed by atoms with Gasteiger partial charge in [-0.3, -0.25) is 0 Å². The molecule has 0 radical (unpaired) electrons. The van der Waals surface area contributed by atoms with Crippen LogP contribution in [-0.4, -0.2) is 37.1 Å². The first-order chi connectivity index (χ1) is 7.77. The van der Waals surface area contributed by atoms with Gasteiger partial charge in [-0.1, -0.05) is 19.4 Å². The van der Waals surface area contributed by atoms with E-state index < -0.39 is 0 Å². The Morgan fingerprint density at radius 1 is 1.50 bits per heavy atom. The van der Waals surface area contributed by atoms with E-state index in [1.165, 1.54) is 38.6 Å². The van der Waals surface area contributed by atoms with E-state index in [0.29, 0.717) is 6.04 Å². The molecule has 0 aromatic heterocycles. The standard InChI is InChI=1S/C14H28N2/c1-4-6-9-13(8-5-2)15-12-14-10-7-11-16(14)3/h4,13-15H,1,5-12H2,2-3H3. The van der Waals surface area contributed by atoms with E-state index in [9.17, 15) is 0 Å². The zero-order valence-corrected chi connectivity index (χ0v) is 11.0. The number of allylic oxidation sites excluding steroid dienone is 1. The topological polar surface area (TPSA) is 15.3 Å². The maximum atomic E-state index is 3.81. The Morgan fingerprint density at radius 2 is 2.31 bits per heavy atom. The first kappa shape index (κ1) is 13.7. The van der Waals surface area contributed by atoms with E-state index in [1.807, 2.05) is 6.08 Å². The molecule has 1 rings (SSSR count). The second kappa shape index (κ2) is 7.86. The number of likely N-dealkylation sites (N-methyl/N-ethyl adjacent to an activating group) is 1. The number of rotatable bonds is 8. The van der Waals surface area contributed by atoms with Gasteiger partial charge in [-0.15, -0.1) is 6.58 Å². The molecule has 16 heavy (non-hydrogen) atoms. The first-order valence-electron chi connectivity index (χ1n) is 6.82. The Hall–Kier alpha value is -0.340. The molecule has 2 heteroatoms. The molecule has 2 nitrogen and oxygen atoms in total. The Kier molecular flexibility index (Phi) is 6.74. The molecule has 0 saturated carbocycles. The fourth-order valence-electron chi connectivity index (χ4n) is 2.56. The molecule has 2 unspecified atom stereocenters. The van der Waals surface area contributed by atoms with Crippen LogP contribution in [0.15, 0.2) is 12.7 Å². The highest BCUT2D eigenvalue weighted by Crippen LogP contribution is 2.14. The minimum absolute atomic E-state index is 0.692. The molecule has 0 aromatic rings. The van der Waals surface area contributed by atoms with Crippen molar-refractivity contribution in [3.05, 3.63) is 12.7 Å². The number of hydrogen-bond donors (Lipinski definition) is 1. The second-order valence-electron chi connectivity index (χ2n) is 5.04. The molecule has 1 heterocycles. The normalized spacial score (nSPS) is 23.5. The lowest BCUT2D eigenvalue weighted by Gasteiger charge is -2.24. The van der Waals surface area contributed by atoms with Gasteiger partial charge in [0.25, 0.3) is 0 Å². The summed E-state index contributed by atoms with van der Waals surface area (Å²) in [6.07, 6.45) is 9.72. The van der Waals surface area contributed by atoms with Gasteiger partial charge < -0.3 is 10.2 Å². The van der Waals surface area contributed by atoms with Crippen molar-refractivity contribution in [3.63, 3.8) is 0 Å². The predicted octanol–water partition coefficient (Wildman–Crippen LogP) is 2.81. The zero-order chi connectivity index (χ0) is 11.8. The van der Waals surface area contributed by atoms with Crippen LogP contribution in [0, 0.1) is 0 Å². The van der Waals surface area contributed by atoms with Crippen LogP contribution in [0.5, 0.6) is 0 Å². The average Bonchev–Trinajstić information content (AvgIpc) is 2.68. The third kappa shape index (κ3) is 4.67. The van der Waals surface area contributed by atoms with E-state index in [1.54, 1.807) is 0 Å². The summed E-state index contributed by atoms with van der Waals surface area (Å²) in [5, 5.41) is 3.74. The molecule has 0 amide bonds. The van der Waals surface area contributed by atoms with Crippen molar-refractivity contribution in [3.8, 4) is 0 Å². The molecular formula is C14H28N2. The second-order valence-corrected chi connectivity index (χ2v) is 5.04. The van der Waals surface area contributed by atoms with Crippen molar-refractivity contribution in [1.82, 2.24) is 10.2 Å². The van der Waals surface area contributed by atoms with Crippen LogP contribution in [0.1, 0.15) is 45.4 Å². The summed E-state index contributed by atoms with van der Waals surface area (Å²) in [6.45, 7) is 8.51. The molecule has 94 valence electrons. The molecule has 0 aliphatic carbocycles. The van der Waals surface area contributed by atoms with E-state index in [4.69, 9.17) is 0 Å². The molecule has 1 N–H and O–H groups in total. The third-order valence-electron chi connectivity index (χ3n) is 3.67. The lowest BCUT2D eigenvalue weighted by molar-refractivity contribution is 0.285. The summed E-state index contributed by atoms with van der Waals surface area (Å²) >= 11 is 0. The summed E-state index contributed by atoms with van der Waals surface area (Å²) in [7, 11) is 2.25. The Balaban J connectivity index is 2.22. The third-order valence-corrected chi connectivity index (χ3v) is 3.67. The molecule has 2 atom stereocenters. The fourth-order valence-corrected chi connectivity index (χ4v) is 2.56. The monoisotopic (exact) mass is 224 g/mol. The first-order valence-corrected chi connectivity index (χ1v) is 6.82. The molecule has 1 aliphatic rings. The van der Waals surface area contributed by atoms with E-state index >= 15 is 0 Å². The summed E-state index contributed by atoms with van der Waals surface area (Å²) < 4.78 is 0. The Labute approximate surface area is 101 Å². The molecule has 0 aromatic carbocycles. The smallest absolute Gasteiger partial charge is 0.0218 e. The van der Waals surface area contributed by atoms with Gasteiger partial charge in [-0.05, 0) is 45.7 Å². The number of likely N-dealkylation sites (tertiary alicyclic amines) is 1. The lowest BCUT2D eigenvalue weighted by Crippen LogP contribution is -2.40. The number of hydrogen-bond acceptors (Lipinski definition) is 2. The molecule has 0 spiro atoms. The van der Waals surface area contributed by atoms with Crippen LogP contribution >= 0.6 is 0 Å². The minimum Gasteiger partial charge on any atom is -0.312 e. The predicted molar refractivity (Wildman–Crippen MR) is 71.8 cm³/mol. The van der Waals surface area contributed by atoms with E-state index in [2.05, 4.69) is 30.8 Å². The van der Waals surface area contributed by atoms with Gasteiger partial charge >= 0.3 is 0 Å². The van der Waals surface area contributed by atoms with Crippen LogP contribution in [0.2, 0.25) is 0 Å². The van der Waals surface area contributed by atoms with Crippen molar-refractivity contribution in [2.75, 3.05) is 20.1 Å². The summed E-state index contributed by atoms with van der Waals surface area (Å²) in [5.41, 5.74) is 0. The van der Waals surface area contributed by atoms with E-state index in [0.717, 1.165) is 19.0 Å². The van der Waals surface area contributed by atoms with Gasteiger partial charge in [0.2, 0.25) is 0 Å². The van der Waals surface area contributed by atoms with Gasteiger partial charge in [0, 0.05) is 18.6 Å². The SMILES string of the molecule is C=CCCC(CCC)NCC1CCCN1C. The van der Waals surface area contributed by atoms with Crippen LogP contribution in [-0.2, 0) is 0 Å². The molecular weight excluding hydrogens is 196 g/mol. The molecule has 1 aliphatic heterocycles. The highest BCUT2D eigenvalue weighted by molar-refractivity contribution is 4.81. The van der Waals surface area contributed by atoms with Gasteiger partial charge in [-0.25, -0.2) is 0 Å². The maximum Gasteiger partial charge on any atom is 0.0218 e. The molecule has 1 saturated heterocycles. The number of nitrogens with one attached hydrogen (secondary N) is 1. The molecule has 0 bridgehead atoms.